The van der Waals surface area contributed by atoms with E-state index in [0.717, 1.165) is 4.31 Å². The number of carbonyl (C=O) groups is 1. The quantitative estimate of drug-likeness (QED) is 0.771. The average Bonchev–Trinajstić information content (AvgIpc) is 3.46. The minimum atomic E-state index is -3.69. The molecule has 2 saturated carbocycles. The molecule has 0 heterocycles. The fraction of sp³-hybridized carbons (Fsp3) is 0.588. The summed E-state index contributed by atoms with van der Waals surface area (Å²) in [5.74, 6) is 1.54. The lowest BCUT2D eigenvalue weighted by Gasteiger charge is -2.21. The van der Waals surface area contributed by atoms with Gasteiger partial charge in [-0.1, -0.05) is 0 Å². The number of rotatable bonds is 8. The van der Waals surface area contributed by atoms with Crippen molar-refractivity contribution in [3.8, 4) is 5.75 Å². The first-order valence-corrected chi connectivity index (χ1v) is 9.75. The van der Waals surface area contributed by atoms with E-state index in [0.29, 0.717) is 17.6 Å². The van der Waals surface area contributed by atoms with Gasteiger partial charge in [0.05, 0.1) is 18.6 Å². The molecule has 1 aromatic carbocycles. The van der Waals surface area contributed by atoms with E-state index in [-0.39, 0.29) is 23.4 Å². The van der Waals surface area contributed by atoms with Crippen LogP contribution in [-0.4, -0.2) is 45.4 Å². The Morgan fingerprint density at radius 2 is 1.75 bits per heavy atom. The topological polar surface area (TPSA) is 75.7 Å². The zero-order chi connectivity index (χ0) is 17.3. The first kappa shape index (κ1) is 17.2. The molecule has 0 aliphatic heterocycles. The Morgan fingerprint density at radius 3 is 2.21 bits per heavy atom. The Balaban J connectivity index is 1.61. The molecule has 3 rings (SSSR count). The summed E-state index contributed by atoms with van der Waals surface area (Å²) in [5.41, 5.74) is 0. The van der Waals surface area contributed by atoms with Gasteiger partial charge in [-0.25, -0.2) is 8.42 Å². The van der Waals surface area contributed by atoms with Crippen LogP contribution in [0.5, 0.6) is 5.75 Å². The van der Waals surface area contributed by atoms with E-state index >= 15 is 0 Å². The molecule has 24 heavy (non-hydrogen) atoms. The Morgan fingerprint density at radius 1 is 1.21 bits per heavy atom. The summed E-state index contributed by atoms with van der Waals surface area (Å²) in [6.07, 6.45) is 4.67. The predicted molar refractivity (Wildman–Crippen MR) is 90.2 cm³/mol. The molecular formula is C17H24N2O4S. The molecule has 0 aromatic heterocycles. The minimum absolute atomic E-state index is 0.152. The second kappa shape index (κ2) is 6.72. The lowest BCUT2D eigenvalue weighted by atomic mass is 10.1. The van der Waals surface area contributed by atoms with E-state index in [1.807, 2.05) is 0 Å². The van der Waals surface area contributed by atoms with Crippen molar-refractivity contribution in [2.24, 2.45) is 11.8 Å². The van der Waals surface area contributed by atoms with E-state index in [9.17, 15) is 13.2 Å². The van der Waals surface area contributed by atoms with Gasteiger partial charge in [-0.2, -0.15) is 4.31 Å². The highest BCUT2D eigenvalue weighted by molar-refractivity contribution is 7.89. The highest BCUT2D eigenvalue weighted by Crippen LogP contribution is 2.44. The van der Waals surface area contributed by atoms with Crippen molar-refractivity contribution in [1.82, 2.24) is 9.62 Å². The molecule has 0 radical (unpaired) electrons. The summed E-state index contributed by atoms with van der Waals surface area (Å²) < 4.78 is 31.2. The maximum absolute atomic E-state index is 12.6. The molecule has 0 bridgehead atoms. The van der Waals surface area contributed by atoms with Gasteiger partial charge in [-0.3, -0.25) is 4.79 Å². The minimum Gasteiger partial charge on any atom is -0.497 e. The molecule has 0 atom stereocenters. The number of sulfonamides is 1. The fourth-order valence-corrected chi connectivity index (χ4v) is 4.10. The van der Waals surface area contributed by atoms with Crippen molar-refractivity contribution in [2.75, 3.05) is 20.7 Å². The molecule has 7 heteroatoms. The smallest absolute Gasteiger partial charge is 0.243 e. The first-order valence-electron chi connectivity index (χ1n) is 8.31. The van der Waals surface area contributed by atoms with Crippen LogP contribution in [0.15, 0.2) is 29.2 Å². The van der Waals surface area contributed by atoms with Gasteiger partial charge in [0.1, 0.15) is 5.75 Å². The molecule has 6 nitrogen and oxygen atoms in total. The Kier molecular flexibility index (Phi) is 4.83. The van der Waals surface area contributed by atoms with Gasteiger partial charge in [-0.05, 0) is 61.8 Å². The number of nitrogens with zero attached hydrogens (tertiary/aromatic N) is 1. The molecular weight excluding hydrogens is 328 g/mol. The van der Waals surface area contributed by atoms with Crippen LogP contribution in [0.25, 0.3) is 0 Å². The zero-order valence-corrected chi connectivity index (χ0v) is 14.9. The number of carbonyl (C=O) groups excluding carboxylic acids is 1. The van der Waals surface area contributed by atoms with E-state index in [1.165, 1.54) is 52.0 Å². The molecule has 0 spiro atoms. The van der Waals surface area contributed by atoms with Gasteiger partial charge in [0.2, 0.25) is 15.9 Å². The van der Waals surface area contributed by atoms with Crippen molar-refractivity contribution in [3.05, 3.63) is 24.3 Å². The summed E-state index contributed by atoms with van der Waals surface area (Å²) in [5, 5.41) is 3.05. The third-order valence-electron chi connectivity index (χ3n) is 4.72. The first-order chi connectivity index (χ1) is 11.4. The maximum atomic E-state index is 12.6. The van der Waals surface area contributed by atoms with Gasteiger partial charge in [0, 0.05) is 13.1 Å². The third kappa shape index (κ3) is 3.89. The van der Waals surface area contributed by atoms with Crippen LogP contribution < -0.4 is 10.1 Å². The average molecular weight is 352 g/mol. The molecule has 2 aliphatic carbocycles. The monoisotopic (exact) mass is 352 g/mol. The highest BCUT2D eigenvalue weighted by atomic mass is 32.2. The standard InChI is InChI=1S/C17H24N2O4S/c1-19(24(21,22)15-9-7-14(23-2)8-10-15)11-16(20)18-17(12-3-4-12)13-5-6-13/h7-10,12-13,17H,3-6,11H2,1-2H3,(H,18,20). The van der Waals surface area contributed by atoms with Crippen LogP contribution in [0.3, 0.4) is 0 Å². The van der Waals surface area contributed by atoms with E-state index in [1.54, 1.807) is 12.1 Å². The Labute approximate surface area is 143 Å². The molecule has 132 valence electrons. The fourth-order valence-electron chi connectivity index (χ4n) is 2.98. The summed E-state index contributed by atoms with van der Waals surface area (Å²) in [7, 11) is -0.730. The number of amides is 1. The summed E-state index contributed by atoms with van der Waals surface area (Å²) in [6, 6.07) is 6.39. The molecule has 1 N–H and O–H groups in total. The Bertz CT molecular complexity index is 682. The lowest BCUT2D eigenvalue weighted by Crippen LogP contribution is -2.44. The molecule has 2 aliphatic rings. The van der Waals surface area contributed by atoms with Gasteiger partial charge in [0.25, 0.3) is 0 Å². The van der Waals surface area contributed by atoms with Crippen LogP contribution in [0.4, 0.5) is 0 Å². The molecule has 0 unspecified atom stereocenters. The molecule has 1 amide bonds. The number of methoxy groups -OCH3 is 1. The third-order valence-corrected chi connectivity index (χ3v) is 6.54. The van der Waals surface area contributed by atoms with Gasteiger partial charge < -0.3 is 10.1 Å². The zero-order valence-electron chi connectivity index (χ0n) is 14.1. The van der Waals surface area contributed by atoms with Crippen LogP contribution in [-0.2, 0) is 14.8 Å². The van der Waals surface area contributed by atoms with Crippen molar-refractivity contribution in [2.45, 2.75) is 36.6 Å². The number of hydrogen-bond donors (Lipinski definition) is 1. The van der Waals surface area contributed by atoms with Crippen LogP contribution >= 0.6 is 0 Å². The predicted octanol–water partition coefficient (Wildman–Crippen LogP) is 1.62. The van der Waals surface area contributed by atoms with E-state index in [2.05, 4.69) is 5.32 Å². The van der Waals surface area contributed by atoms with Crippen molar-refractivity contribution in [1.29, 1.82) is 0 Å². The molecule has 0 saturated heterocycles. The normalized spacial score (nSPS) is 18.0. The maximum Gasteiger partial charge on any atom is 0.243 e. The van der Waals surface area contributed by atoms with Gasteiger partial charge in [0.15, 0.2) is 0 Å². The van der Waals surface area contributed by atoms with Crippen LogP contribution in [0.1, 0.15) is 25.7 Å². The summed E-state index contributed by atoms with van der Waals surface area (Å²) in [6.45, 7) is -0.162. The molecule has 2 fully saturated rings. The van der Waals surface area contributed by atoms with Gasteiger partial charge >= 0.3 is 0 Å². The van der Waals surface area contributed by atoms with Crippen molar-refractivity contribution >= 4 is 15.9 Å². The van der Waals surface area contributed by atoms with Crippen molar-refractivity contribution in [3.63, 3.8) is 0 Å². The van der Waals surface area contributed by atoms with Crippen molar-refractivity contribution < 1.29 is 17.9 Å². The van der Waals surface area contributed by atoms with E-state index < -0.39 is 10.0 Å². The Hall–Kier alpha value is -1.60. The summed E-state index contributed by atoms with van der Waals surface area (Å²) >= 11 is 0. The SMILES string of the molecule is COc1ccc(S(=O)(=O)N(C)CC(=O)NC(C2CC2)C2CC2)cc1. The molecule has 1 aromatic rings. The van der Waals surface area contributed by atoms with Crippen LogP contribution in [0, 0.1) is 11.8 Å². The lowest BCUT2D eigenvalue weighted by molar-refractivity contribution is -0.122. The van der Waals surface area contributed by atoms with E-state index in [4.69, 9.17) is 4.74 Å². The second-order valence-corrected chi connectivity index (χ2v) is 8.75. The van der Waals surface area contributed by atoms with Crippen LogP contribution in [0.2, 0.25) is 0 Å². The number of ether oxygens (including phenoxy) is 1. The number of benzene rings is 1. The summed E-state index contributed by atoms with van der Waals surface area (Å²) in [4.78, 5) is 12.4. The number of likely N-dealkylation sites (N-methyl/N-ethyl adjacent to an activating group) is 1. The number of nitrogens with one attached hydrogen (secondary N) is 1. The highest BCUT2D eigenvalue weighted by Gasteiger charge is 2.42. The largest absolute Gasteiger partial charge is 0.497 e. The van der Waals surface area contributed by atoms with Gasteiger partial charge in [-0.15, -0.1) is 0 Å². The number of hydrogen-bond acceptors (Lipinski definition) is 4. The second-order valence-electron chi connectivity index (χ2n) is 6.70.